The van der Waals surface area contributed by atoms with Gasteiger partial charge >= 0.3 is 0 Å². The Balaban J connectivity index is 2.04. The second-order valence-corrected chi connectivity index (χ2v) is 5.95. The van der Waals surface area contributed by atoms with E-state index in [-0.39, 0.29) is 18.2 Å². The van der Waals surface area contributed by atoms with E-state index >= 15 is 0 Å². The summed E-state index contributed by atoms with van der Waals surface area (Å²) < 4.78 is 16.5. The summed E-state index contributed by atoms with van der Waals surface area (Å²) in [4.78, 5) is 8.79. The first-order valence-corrected chi connectivity index (χ1v) is 8.23. The van der Waals surface area contributed by atoms with Crippen molar-refractivity contribution in [3.8, 4) is 45.8 Å². The Bertz CT molecular complexity index is 1080. The highest BCUT2D eigenvalue weighted by Crippen LogP contribution is 2.45. The van der Waals surface area contributed by atoms with Crippen LogP contribution in [0, 0.1) is 18.3 Å². The van der Waals surface area contributed by atoms with E-state index in [0.29, 0.717) is 39.8 Å². The molecule has 0 saturated heterocycles. The fourth-order valence-corrected chi connectivity index (χ4v) is 3.18. The quantitative estimate of drug-likeness (QED) is 0.764. The molecule has 0 bridgehead atoms. The molecule has 27 heavy (non-hydrogen) atoms. The van der Waals surface area contributed by atoms with Crippen molar-refractivity contribution in [2.75, 3.05) is 19.6 Å². The van der Waals surface area contributed by atoms with Gasteiger partial charge in [0.25, 0.3) is 0 Å². The minimum absolute atomic E-state index is 0.137. The normalized spacial score (nSPS) is 11.9. The van der Waals surface area contributed by atoms with Crippen molar-refractivity contribution < 1.29 is 14.2 Å². The van der Waals surface area contributed by atoms with Crippen LogP contribution in [0.25, 0.3) is 22.5 Å². The molecule has 1 aliphatic rings. The third-order valence-electron chi connectivity index (χ3n) is 4.45. The Labute approximate surface area is 156 Å². The summed E-state index contributed by atoms with van der Waals surface area (Å²) in [6.45, 7) is 2.03. The molecule has 0 radical (unpaired) electrons. The number of pyridine rings is 2. The molecule has 0 spiro atoms. The largest absolute Gasteiger partial charge is 0.496 e. The lowest BCUT2D eigenvalue weighted by Gasteiger charge is -2.17. The molecule has 2 N–H and O–H groups in total. The summed E-state index contributed by atoms with van der Waals surface area (Å²) >= 11 is 0. The van der Waals surface area contributed by atoms with Crippen LogP contribution in [0.15, 0.2) is 36.5 Å². The van der Waals surface area contributed by atoms with Crippen molar-refractivity contribution >= 4 is 5.82 Å². The van der Waals surface area contributed by atoms with Crippen molar-refractivity contribution in [3.63, 3.8) is 0 Å². The van der Waals surface area contributed by atoms with Crippen LogP contribution in [-0.4, -0.2) is 23.9 Å². The number of nitriles is 1. The molecule has 3 aromatic rings. The monoisotopic (exact) mass is 360 g/mol. The van der Waals surface area contributed by atoms with Gasteiger partial charge < -0.3 is 19.9 Å². The highest BCUT2D eigenvalue weighted by atomic mass is 16.7. The summed E-state index contributed by atoms with van der Waals surface area (Å²) in [7, 11) is 1.56. The number of nitrogens with zero attached hydrogens (tertiary/aromatic N) is 3. The van der Waals surface area contributed by atoms with Crippen LogP contribution >= 0.6 is 0 Å². The molecule has 0 amide bonds. The van der Waals surface area contributed by atoms with Gasteiger partial charge in [-0.1, -0.05) is 6.07 Å². The van der Waals surface area contributed by atoms with Gasteiger partial charge in [0.1, 0.15) is 23.2 Å². The molecule has 4 rings (SSSR count). The first-order valence-electron chi connectivity index (χ1n) is 8.23. The van der Waals surface area contributed by atoms with Gasteiger partial charge in [-0.15, -0.1) is 0 Å². The van der Waals surface area contributed by atoms with E-state index in [4.69, 9.17) is 19.9 Å². The molecule has 0 atom stereocenters. The molecule has 0 unspecified atom stereocenters. The zero-order valence-electron chi connectivity index (χ0n) is 14.8. The van der Waals surface area contributed by atoms with E-state index in [1.807, 2.05) is 25.1 Å². The van der Waals surface area contributed by atoms with Crippen molar-refractivity contribution in [3.05, 3.63) is 47.7 Å². The van der Waals surface area contributed by atoms with E-state index in [1.54, 1.807) is 25.4 Å². The third-order valence-corrected chi connectivity index (χ3v) is 4.45. The lowest BCUT2D eigenvalue weighted by Crippen LogP contribution is -2.04. The molecule has 3 heterocycles. The Hall–Kier alpha value is -3.79. The number of ether oxygens (including phenoxy) is 3. The van der Waals surface area contributed by atoms with Crippen LogP contribution in [0.4, 0.5) is 5.82 Å². The van der Waals surface area contributed by atoms with Crippen LogP contribution < -0.4 is 19.9 Å². The number of benzene rings is 1. The summed E-state index contributed by atoms with van der Waals surface area (Å²) in [5, 5.41) is 9.72. The Morgan fingerprint density at radius 1 is 1.22 bits per heavy atom. The van der Waals surface area contributed by atoms with Gasteiger partial charge in [0.2, 0.25) is 6.79 Å². The maximum atomic E-state index is 9.72. The van der Waals surface area contributed by atoms with Gasteiger partial charge in [-0.3, -0.25) is 4.98 Å². The van der Waals surface area contributed by atoms with Crippen molar-refractivity contribution in [2.24, 2.45) is 0 Å². The van der Waals surface area contributed by atoms with Crippen LogP contribution in [0.5, 0.6) is 17.2 Å². The molecule has 1 aliphatic heterocycles. The van der Waals surface area contributed by atoms with E-state index in [2.05, 4.69) is 16.0 Å². The van der Waals surface area contributed by atoms with E-state index in [1.165, 1.54) is 0 Å². The van der Waals surface area contributed by atoms with E-state index in [0.717, 1.165) is 5.56 Å². The number of hydrogen-bond donors (Lipinski definition) is 1. The van der Waals surface area contributed by atoms with Gasteiger partial charge in [0.15, 0.2) is 11.5 Å². The summed E-state index contributed by atoms with van der Waals surface area (Å²) in [5.41, 5.74) is 9.79. The van der Waals surface area contributed by atoms with Crippen molar-refractivity contribution in [2.45, 2.75) is 6.92 Å². The summed E-state index contributed by atoms with van der Waals surface area (Å²) in [6.07, 6.45) is 1.69. The predicted octanol–water partition coefficient (Wildman–Crippen LogP) is 3.31. The zero-order valence-corrected chi connectivity index (χ0v) is 14.8. The average molecular weight is 360 g/mol. The molecule has 0 aliphatic carbocycles. The molecule has 1 aromatic carbocycles. The SMILES string of the molecule is COc1cc2c(cc1-c1c(C)c(-c3ccccn3)nc(N)c1C#N)OCO2. The fourth-order valence-electron chi connectivity index (χ4n) is 3.18. The molecule has 7 nitrogen and oxygen atoms in total. The van der Waals surface area contributed by atoms with Crippen molar-refractivity contribution in [1.82, 2.24) is 9.97 Å². The zero-order chi connectivity index (χ0) is 19.0. The van der Waals surface area contributed by atoms with Crippen molar-refractivity contribution in [1.29, 1.82) is 5.26 Å². The third kappa shape index (κ3) is 2.68. The number of methoxy groups -OCH3 is 1. The molecular weight excluding hydrogens is 344 g/mol. The highest BCUT2D eigenvalue weighted by Gasteiger charge is 2.25. The lowest BCUT2D eigenvalue weighted by atomic mass is 9.93. The average Bonchev–Trinajstić information content (AvgIpc) is 3.16. The maximum absolute atomic E-state index is 9.72. The lowest BCUT2D eigenvalue weighted by molar-refractivity contribution is 0.174. The highest BCUT2D eigenvalue weighted by molar-refractivity contribution is 5.87. The summed E-state index contributed by atoms with van der Waals surface area (Å²) in [5.74, 6) is 1.87. The maximum Gasteiger partial charge on any atom is 0.231 e. The number of nitrogens with two attached hydrogens (primary N) is 1. The molecule has 2 aromatic heterocycles. The second-order valence-electron chi connectivity index (χ2n) is 5.95. The summed E-state index contributed by atoms with van der Waals surface area (Å²) in [6, 6.07) is 11.3. The fraction of sp³-hybridized carbons (Fsp3) is 0.150. The minimum atomic E-state index is 0.137. The molecule has 7 heteroatoms. The first kappa shape index (κ1) is 16.7. The predicted molar refractivity (Wildman–Crippen MR) is 99.4 cm³/mol. The smallest absolute Gasteiger partial charge is 0.231 e. The number of aromatic nitrogens is 2. The van der Waals surface area contributed by atoms with Gasteiger partial charge in [-0.05, 0) is 30.7 Å². The topological polar surface area (TPSA) is 103 Å². The van der Waals surface area contributed by atoms with Crippen LogP contribution in [0.3, 0.4) is 0 Å². The standard InChI is InChI=1S/C20H16N4O3/c1-11-18(12-7-16-17(27-10-26-16)8-15(12)25-2)13(9-21)20(22)24-19(11)14-5-3-4-6-23-14/h3-8H,10H2,1-2H3,(H2,22,24). The molecule has 134 valence electrons. The number of anilines is 1. The van der Waals surface area contributed by atoms with Crippen LogP contribution in [0.1, 0.15) is 11.1 Å². The number of hydrogen-bond acceptors (Lipinski definition) is 7. The van der Waals surface area contributed by atoms with Gasteiger partial charge in [0, 0.05) is 23.4 Å². The first-order chi connectivity index (χ1) is 13.1. The Morgan fingerprint density at radius 3 is 2.67 bits per heavy atom. The number of fused-ring (bicyclic) bond motifs is 1. The minimum Gasteiger partial charge on any atom is -0.496 e. The van der Waals surface area contributed by atoms with Crippen LogP contribution in [0.2, 0.25) is 0 Å². The van der Waals surface area contributed by atoms with Gasteiger partial charge in [-0.2, -0.15) is 5.26 Å². The Kier molecular flexibility index (Phi) is 4.01. The van der Waals surface area contributed by atoms with E-state index in [9.17, 15) is 5.26 Å². The van der Waals surface area contributed by atoms with E-state index < -0.39 is 0 Å². The number of rotatable bonds is 3. The van der Waals surface area contributed by atoms with Gasteiger partial charge in [0.05, 0.1) is 18.5 Å². The van der Waals surface area contributed by atoms with Crippen LogP contribution in [-0.2, 0) is 0 Å². The number of nitrogen functional groups attached to an aromatic ring is 1. The Morgan fingerprint density at radius 2 is 2.00 bits per heavy atom. The molecule has 0 saturated carbocycles. The second kappa shape index (κ2) is 6.50. The molecular formula is C20H16N4O3. The van der Waals surface area contributed by atoms with Gasteiger partial charge in [-0.25, -0.2) is 4.98 Å². The molecule has 0 fully saturated rings.